The third kappa shape index (κ3) is 3.75. The number of benzene rings is 2. The van der Waals surface area contributed by atoms with E-state index in [-0.39, 0.29) is 18.3 Å². The molecule has 0 radical (unpaired) electrons. The van der Waals surface area contributed by atoms with E-state index in [0.29, 0.717) is 34.2 Å². The van der Waals surface area contributed by atoms with E-state index in [1.54, 1.807) is 24.3 Å². The van der Waals surface area contributed by atoms with E-state index in [1.807, 2.05) is 19.1 Å². The van der Waals surface area contributed by atoms with Gasteiger partial charge in [-0.3, -0.25) is 4.79 Å². The Balaban J connectivity index is 1.92. The number of carbonyl (C=O) groups is 1. The van der Waals surface area contributed by atoms with E-state index in [9.17, 15) is 4.79 Å². The smallest absolute Gasteiger partial charge is 0.219 e. The van der Waals surface area contributed by atoms with Gasteiger partial charge in [0.1, 0.15) is 6.54 Å². The Morgan fingerprint density at radius 1 is 1.04 bits per heavy atom. The molecule has 0 fully saturated rings. The van der Waals surface area contributed by atoms with Crippen LogP contribution in [0.5, 0.6) is 17.2 Å². The van der Waals surface area contributed by atoms with Gasteiger partial charge in [0.15, 0.2) is 23.1 Å². The number of rotatable bonds is 7. The third-order valence-corrected chi connectivity index (χ3v) is 4.29. The molecule has 0 aliphatic rings. The SMILES string of the molecule is COc1cc(-c2nc(N)n(CC(=O)c3ccc(C)cc3)n2)cc(OC)c1OC. The number of nitrogens with two attached hydrogens (primary N) is 1. The van der Waals surface area contributed by atoms with Gasteiger partial charge in [-0.1, -0.05) is 29.8 Å². The molecule has 0 aliphatic carbocycles. The molecule has 28 heavy (non-hydrogen) atoms. The first-order chi connectivity index (χ1) is 13.5. The first-order valence-corrected chi connectivity index (χ1v) is 8.57. The fourth-order valence-corrected chi connectivity index (χ4v) is 2.77. The number of carbonyl (C=O) groups excluding carboxylic acids is 1. The second kappa shape index (κ2) is 7.99. The minimum atomic E-state index is -0.104. The lowest BCUT2D eigenvalue weighted by Crippen LogP contribution is -2.14. The van der Waals surface area contributed by atoms with Gasteiger partial charge in [-0.05, 0) is 19.1 Å². The van der Waals surface area contributed by atoms with Gasteiger partial charge in [0.05, 0.1) is 21.3 Å². The highest BCUT2D eigenvalue weighted by Gasteiger charge is 2.18. The van der Waals surface area contributed by atoms with Crippen molar-refractivity contribution in [2.24, 2.45) is 0 Å². The lowest BCUT2D eigenvalue weighted by molar-refractivity contribution is 0.0968. The molecule has 2 N–H and O–H groups in total. The molecule has 2 aromatic carbocycles. The van der Waals surface area contributed by atoms with Crippen LogP contribution in [-0.4, -0.2) is 41.9 Å². The summed E-state index contributed by atoms with van der Waals surface area (Å²) in [5, 5.41) is 4.38. The highest BCUT2D eigenvalue weighted by atomic mass is 16.5. The molecule has 8 nitrogen and oxygen atoms in total. The minimum absolute atomic E-state index is 0.00762. The number of nitrogens with zero attached hydrogens (tertiary/aromatic N) is 3. The van der Waals surface area contributed by atoms with E-state index >= 15 is 0 Å². The lowest BCUT2D eigenvalue weighted by atomic mass is 10.1. The van der Waals surface area contributed by atoms with Crippen LogP contribution in [0.15, 0.2) is 36.4 Å². The molecular weight excluding hydrogens is 360 g/mol. The van der Waals surface area contributed by atoms with Crippen molar-refractivity contribution in [2.75, 3.05) is 27.1 Å². The van der Waals surface area contributed by atoms with Crippen molar-refractivity contribution in [3.8, 4) is 28.6 Å². The summed E-state index contributed by atoms with van der Waals surface area (Å²) >= 11 is 0. The van der Waals surface area contributed by atoms with E-state index in [4.69, 9.17) is 19.9 Å². The van der Waals surface area contributed by atoms with Crippen LogP contribution < -0.4 is 19.9 Å². The molecule has 1 aromatic heterocycles. The Kier molecular flexibility index (Phi) is 5.49. The van der Waals surface area contributed by atoms with Crippen molar-refractivity contribution in [1.29, 1.82) is 0 Å². The number of aryl methyl sites for hydroxylation is 1. The van der Waals surface area contributed by atoms with Crippen molar-refractivity contribution in [3.05, 3.63) is 47.5 Å². The first-order valence-electron chi connectivity index (χ1n) is 8.57. The molecule has 0 unspecified atom stereocenters. The fraction of sp³-hybridized carbons (Fsp3) is 0.250. The Hall–Kier alpha value is -3.55. The standard InChI is InChI=1S/C20H22N4O4/c1-12-5-7-13(8-6-12)15(25)11-24-20(21)22-19(23-24)14-9-16(26-2)18(28-4)17(10-14)27-3/h5-10H,11H2,1-4H3,(H2,21,22,23). The van der Waals surface area contributed by atoms with Crippen LogP contribution in [-0.2, 0) is 6.54 Å². The maximum atomic E-state index is 12.5. The minimum Gasteiger partial charge on any atom is -0.493 e. The summed E-state index contributed by atoms with van der Waals surface area (Å²) in [6.07, 6.45) is 0. The van der Waals surface area contributed by atoms with Crippen molar-refractivity contribution in [3.63, 3.8) is 0 Å². The van der Waals surface area contributed by atoms with Crippen molar-refractivity contribution in [2.45, 2.75) is 13.5 Å². The molecule has 1 heterocycles. The summed E-state index contributed by atoms with van der Waals surface area (Å²) in [5.74, 6) is 1.81. The largest absolute Gasteiger partial charge is 0.493 e. The van der Waals surface area contributed by atoms with E-state index in [2.05, 4.69) is 10.1 Å². The maximum Gasteiger partial charge on any atom is 0.219 e. The molecule has 0 saturated carbocycles. The maximum absolute atomic E-state index is 12.5. The number of hydrogen-bond acceptors (Lipinski definition) is 7. The van der Waals surface area contributed by atoms with Crippen LogP contribution in [0.25, 0.3) is 11.4 Å². The molecule has 0 amide bonds. The summed E-state index contributed by atoms with van der Waals surface area (Å²) < 4.78 is 17.4. The first kappa shape index (κ1) is 19.2. The molecule has 3 aromatic rings. The number of nitrogen functional groups attached to an aromatic ring is 1. The Morgan fingerprint density at radius 2 is 1.64 bits per heavy atom. The van der Waals surface area contributed by atoms with Gasteiger partial charge in [0.25, 0.3) is 0 Å². The van der Waals surface area contributed by atoms with Crippen LogP contribution in [0.2, 0.25) is 0 Å². The summed E-state index contributed by atoms with van der Waals surface area (Å²) in [4.78, 5) is 16.8. The predicted octanol–water partition coefficient (Wildman–Crippen LogP) is 2.74. The molecule has 8 heteroatoms. The number of aromatic nitrogens is 3. The van der Waals surface area contributed by atoms with Gasteiger partial charge in [-0.25, -0.2) is 4.68 Å². The average Bonchev–Trinajstić information content (AvgIpc) is 3.07. The molecule has 0 spiro atoms. The molecule has 0 aliphatic heterocycles. The monoisotopic (exact) mass is 382 g/mol. The highest BCUT2D eigenvalue weighted by molar-refractivity contribution is 5.96. The zero-order valence-corrected chi connectivity index (χ0v) is 16.2. The van der Waals surface area contributed by atoms with Crippen molar-refractivity contribution >= 4 is 11.7 Å². The average molecular weight is 382 g/mol. The zero-order valence-electron chi connectivity index (χ0n) is 16.2. The van der Waals surface area contributed by atoms with E-state index in [0.717, 1.165) is 5.56 Å². The van der Waals surface area contributed by atoms with E-state index < -0.39 is 0 Å². The van der Waals surface area contributed by atoms with Gasteiger partial charge in [0.2, 0.25) is 11.7 Å². The Morgan fingerprint density at radius 3 is 2.18 bits per heavy atom. The Labute approximate surface area is 162 Å². The van der Waals surface area contributed by atoms with Crippen LogP contribution >= 0.6 is 0 Å². The van der Waals surface area contributed by atoms with Crippen LogP contribution in [0.1, 0.15) is 15.9 Å². The Bertz CT molecular complexity index is 971. The second-order valence-electron chi connectivity index (χ2n) is 6.15. The van der Waals surface area contributed by atoms with Crippen molar-refractivity contribution < 1.29 is 19.0 Å². The number of hydrogen-bond donors (Lipinski definition) is 1. The molecule has 0 saturated heterocycles. The number of ether oxygens (including phenoxy) is 3. The van der Waals surface area contributed by atoms with Crippen LogP contribution in [0.3, 0.4) is 0 Å². The number of ketones is 1. The van der Waals surface area contributed by atoms with Crippen LogP contribution in [0, 0.1) is 6.92 Å². The molecule has 3 rings (SSSR count). The number of methoxy groups -OCH3 is 3. The molecule has 0 atom stereocenters. The molecule has 0 bridgehead atoms. The third-order valence-electron chi connectivity index (χ3n) is 4.29. The van der Waals surface area contributed by atoms with E-state index in [1.165, 1.54) is 26.0 Å². The number of anilines is 1. The quantitative estimate of drug-likeness (QED) is 0.627. The van der Waals surface area contributed by atoms with Gasteiger partial charge in [-0.15, -0.1) is 5.10 Å². The second-order valence-corrected chi connectivity index (χ2v) is 6.15. The normalized spacial score (nSPS) is 10.6. The van der Waals surface area contributed by atoms with Gasteiger partial charge >= 0.3 is 0 Å². The summed E-state index contributed by atoms with van der Waals surface area (Å²) in [5.41, 5.74) is 8.28. The zero-order chi connectivity index (χ0) is 20.3. The predicted molar refractivity (Wildman–Crippen MR) is 105 cm³/mol. The highest BCUT2D eigenvalue weighted by Crippen LogP contribution is 2.40. The van der Waals surface area contributed by atoms with Crippen molar-refractivity contribution in [1.82, 2.24) is 14.8 Å². The van der Waals surface area contributed by atoms with Crippen LogP contribution in [0.4, 0.5) is 5.95 Å². The topological polar surface area (TPSA) is 101 Å². The molecule has 146 valence electrons. The van der Waals surface area contributed by atoms with Gasteiger partial charge < -0.3 is 19.9 Å². The number of Topliss-reactive ketones (excluding diaryl/α,β-unsaturated/α-hetero) is 1. The van der Waals surface area contributed by atoms with Gasteiger partial charge in [-0.2, -0.15) is 4.98 Å². The lowest BCUT2D eigenvalue weighted by Gasteiger charge is -2.12. The summed E-state index contributed by atoms with van der Waals surface area (Å²) in [7, 11) is 4.59. The van der Waals surface area contributed by atoms with Gasteiger partial charge in [0, 0.05) is 11.1 Å². The molecular formula is C20H22N4O4. The fourth-order valence-electron chi connectivity index (χ4n) is 2.77. The summed E-state index contributed by atoms with van der Waals surface area (Å²) in [6.45, 7) is 1.96. The summed E-state index contributed by atoms with van der Waals surface area (Å²) in [6, 6.07) is 10.8.